The highest BCUT2D eigenvalue weighted by molar-refractivity contribution is 6.31. The first-order valence-electron chi connectivity index (χ1n) is 7.58. The van der Waals surface area contributed by atoms with Crippen LogP contribution in [-0.4, -0.2) is 24.4 Å². The van der Waals surface area contributed by atoms with E-state index in [2.05, 4.69) is 20.3 Å². The van der Waals surface area contributed by atoms with Crippen molar-refractivity contribution in [1.29, 1.82) is 0 Å². The van der Waals surface area contributed by atoms with Crippen LogP contribution in [0.15, 0.2) is 30.6 Å². The molecule has 3 aromatic rings. The smallest absolute Gasteiger partial charge is 0.333 e. The number of aryl methyl sites for hydroxylation is 2. The first-order chi connectivity index (χ1) is 12.4. The number of imidazole rings is 1. The summed E-state index contributed by atoms with van der Waals surface area (Å²) in [5.74, 6) is 0.277. The highest BCUT2D eigenvalue weighted by Crippen LogP contribution is 2.27. The van der Waals surface area contributed by atoms with E-state index in [-0.39, 0.29) is 40.3 Å². The van der Waals surface area contributed by atoms with Gasteiger partial charge in [0, 0.05) is 29.5 Å². The topological polar surface area (TPSA) is 98.8 Å². The van der Waals surface area contributed by atoms with Gasteiger partial charge in [-0.05, 0) is 26.0 Å². The van der Waals surface area contributed by atoms with E-state index < -0.39 is 10.7 Å². The fraction of sp³-hybridized carbons (Fsp3) is 0.188. The van der Waals surface area contributed by atoms with Crippen molar-refractivity contribution in [2.24, 2.45) is 0 Å². The van der Waals surface area contributed by atoms with E-state index in [4.69, 9.17) is 11.6 Å². The van der Waals surface area contributed by atoms with Gasteiger partial charge in [0.25, 0.3) is 0 Å². The Bertz CT molecular complexity index is 971. The summed E-state index contributed by atoms with van der Waals surface area (Å²) in [6, 6.07) is 4.38. The van der Waals surface area contributed by atoms with Crippen molar-refractivity contribution in [2.75, 3.05) is 5.32 Å². The fourth-order valence-corrected chi connectivity index (χ4v) is 2.71. The number of hydrogen-bond acceptors (Lipinski definition) is 6. The number of nitrogens with one attached hydrogen (secondary N) is 1. The molecule has 26 heavy (non-hydrogen) atoms. The summed E-state index contributed by atoms with van der Waals surface area (Å²) in [6.07, 6.45) is 3.09. The maximum atomic E-state index is 13.9. The van der Waals surface area contributed by atoms with Crippen LogP contribution >= 0.6 is 11.6 Å². The quantitative estimate of drug-likeness (QED) is 0.539. The summed E-state index contributed by atoms with van der Waals surface area (Å²) < 4.78 is 15.4. The summed E-state index contributed by atoms with van der Waals surface area (Å²) in [5.41, 5.74) is 0.213. The molecule has 0 aliphatic rings. The third-order valence-electron chi connectivity index (χ3n) is 3.76. The molecule has 2 heterocycles. The van der Waals surface area contributed by atoms with Gasteiger partial charge < -0.3 is 5.32 Å². The van der Waals surface area contributed by atoms with Crippen molar-refractivity contribution >= 4 is 23.2 Å². The number of aromatic nitrogens is 4. The molecule has 0 bridgehead atoms. The highest BCUT2D eigenvalue weighted by Gasteiger charge is 2.24. The predicted molar refractivity (Wildman–Crippen MR) is 94.0 cm³/mol. The monoisotopic (exact) mass is 376 g/mol. The molecule has 1 aromatic carbocycles. The van der Waals surface area contributed by atoms with Crippen LogP contribution in [0.4, 0.5) is 16.0 Å². The zero-order chi connectivity index (χ0) is 18.8. The largest absolute Gasteiger partial charge is 0.350 e. The Morgan fingerprint density at radius 3 is 2.73 bits per heavy atom. The summed E-state index contributed by atoms with van der Waals surface area (Å²) in [7, 11) is 0. The van der Waals surface area contributed by atoms with E-state index in [9.17, 15) is 14.5 Å². The van der Waals surface area contributed by atoms with Crippen molar-refractivity contribution in [3.63, 3.8) is 0 Å². The Morgan fingerprint density at radius 2 is 2.12 bits per heavy atom. The second-order valence-corrected chi connectivity index (χ2v) is 5.87. The lowest BCUT2D eigenvalue weighted by atomic mass is 10.2. The Labute approximate surface area is 152 Å². The number of halogens is 2. The van der Waals surface area contributed by atoms with Gasteiger partial charge in [-0.25, -0.2) is 14.4 Å². The van der Waals surface area contributed by atoms with E-state index in [0.717, 1.165) is 0 Å². The van der Waals surface area contributed by atoms with Crippen molar-refractivity contribution in [1.82, 2.24) is 19.5 Å². The minimum atomic E-state index is -0.540. The van der Waals surface area contributed by atoms with Crippen LogP contribution in [0.5, 0.6) is 0 Å². The van der Waals surface area contributed by atoms with E-state index in [1.165, 1.54) is 29.8 Å². The average Bonchev–Trinajstić information content (AvgIpc) is 2.99. The molecular weight excluding hydrogens is 363 g/mol. The van der Waals surface area contributed by atoms with Crippen LogP contribution in [0.2, 0.25) is 5.02 Å². The van der Waals surface area contributed by atoms with Crippen molar-refractivity contribution in [3.05, 3.63) is 68.6 Å². The van der Waals surface area contributed by atoms with E-state index in [1.54, 1.807) is 19.2 Å². The zero-order valence-corrected chi connectivity index (χ0v) is 14.7. The normalized spacial score (nSPS) is 10.8. The Kier molecular flexibility index (Phi) is 4.81. The SMILES string of the molecule is Cc1nc(NCc2c(F)cccc2Cl)nc(-n2ccnc2C)c1[N+](=O)[O-]. The van der Waals surface area contributed by atoms with E-state index in [0.29, 0.717) is 5.82 Å². The molecule has 0 spiro atoms. The first-order valence-corrected chi connectivity index (χ1v) is 7.96. The lowest BCUT2D eigenvalue weighted by Crippen LogP contribution is -2.12. The van der Waals surface area contributed by atoms with Crippen LogP contribution in [0.25, 0.3) is 5.82 Å². The molecule has 0 amide bonds. The van der Waals surface area contributed by atoms with Crippen LogP contribution in [0, 0.1) is 29.8 Å². The van der Waals surface area contributed by atoms with Crippen LogP contribution in [0.3, 0.4) is 0 Å². The van der Waals surface area contributed by atoms with Gasteiger partial charge in [-0.3, -0.25) is 14.7 Å². The maximum Gasteiger partial charge on any atom is 0.333 e. The van der Waals surface area contributed by atoms with E-state index >= 15 is 0 Å². The second-order valence-electron chi connectivity index (χ2n) is 5.46. The number of nitrogens with zero attached hydrogens (tertiary/aromatic N) is 5. The molecule has 0 atom stereocenters. The molecule has 0 saturated heterocycles. The van der Waals surface area contributed by atoms with Crippen LogP contribution in [0.1, 0.15) is 17.1 Å². The zero-order valence-electron chi connectivity index (χ0n) is 13.9. The maximum absolute atomic E-state index is 13.9. The van der Waals surface area contributed by atoms with Crippen molar-refractivity contribution in [2.45, 2.75) is 20.4 Å². The average molecular weight is 377 g/mol. The summed E-state index contributed by atoms with van der Waals surface area (Å²) in [6.45, 7) is 3.25. The third-order valence-corrected chi connectivity index (χ3v) is 4.12. The first kappa shape index (κ1) is 17.7. The van der Waals surface area contributed by atoms with Gasteiger partial charge in [0.15, 0.2) is 0 Å². The number of anilines is 1. The van der Waals surface area contributed by atoms with Gasteiger partial charge in [-0.2, -0.15) is 4.98 Å². The molecule has 0 saturated carbocycles. The number of hydrogen-bond donors (Lipinski definition) is 1. The molecule has 0 aliphatic carbocycles. The van der Waals surface area contributed by atoms with Gasteiger partial charge in [0.1, 0.15) is 17.3 Å². The Hall–Kier alpha value is -3.07. The van der Waals surface area contributed by atoms with Crippen LogP contribution < -0.4 is 5.32 Å². The predicted octanol–water partition coefficient (Wildman–Crippen LogP) is 3.59. The summed E-state index contributed by atoms with van der Waals surface area (Å²) in [5, 5.41) is 14.6. The van der Waals surface area contributed by atoms with Gasteiger partial charge in [0.05, 0.1) is 4.92 Å². The molecular formula is C16H14ClFN6O2. The highest BCUT2D eigenvalue weighted by atomic mass is 35.5. The third kappa shape index (κ3) is 3.33. The number of rotatable bonds is 5. The molecule has 3 rings (SSSR count). The molecule has 1 N–H and O–H groups in total. The van der Waals surface area contributed by atoms with Gasteiger partial charge >= 0.3 is 5.69 Å². The lowest BCUT2D eigenvalue weighted by Gasteiger charge is -2.11. The van der Waals surface area contributed by atoms with Crippen molar-refractivity contribution < 1.29 is 9.31 Å². The van der Waals surface area contributed by atoms with E-state index in [1.807, 2.05) is 0 Å². The standard InChI is InChI=1S/C16H14ClFN6O2/c1-9-14(24(25)26)15(23-7-6-19-10(23)2)22-16(21-9)20-8-11-12(17)4-3-5-13(11)18/h3-7H,8H2,1-2H3,(H,20,21,22). The number of nitro groups is 1. The fourth-order valence-electron chi connectivity index (χ4n) is 2.48. The minimum Gasteiger partial charge on any atom is -0.350 e. The lowest BCUT2D eigenvalue weighted by molar-refractivity contribution is -0.385. The van der Waals surface area contributed by atoms with Gasteiger partial charge in [-0.15, -0.1) is 0 Å². The number of benzene rings is 1. The molecule has 8 nitrogen and oxygen atoms in total. The summed E-state index contributed by atoms with van der Waals surface area (Å²) in [4.78, 5) is 23.3. The molecule has 0 unspecified atom stereocenters. The second kappa shape index (κ2) is 7.04. The molecule has 10 heteroatoms. The molecule has 0 fully saturated rings. The molecule has 134 valence electrons. The van der Waals surface area contributed by atoms with Gasteiger partial charge in [-0.1, -0.05) is 17.7 Å². The van der Waals surface area contributed by atoms with Crippen molar-refractivity contribution in [3.8, 4) is 5.82 Å². The van der Waals surface area contributed by atoms with Gasteiger partial charge in [0.2, 0.25) is 11.8 Å². The Morgan fingerprint density at radius 1 is 1.35 bits per heavy atom. The summed E-state index contributed by atoms with van der Waals surface area (Å²) >= 11 is 6.00. The molecule has 0 aliphatic heterocycles. The molecule has 0 radical (unpaired) electrons. The van der Waals surface area contributed by atoms with Crippen LogP contribution in [-0.2, 0) is 6.54 Å². The minimum absolute atomic E-state index is 0.0328. The Balaban J connectivity index is 2.00. The molecule has 2 aromatic heterocycles.